The number of nitrogens with one attached hydrogen (secondary N) is 2. The standard InChI is InChI=1S/C25H29N5O.C5H11N/c1-25(2,3)14-22(27)30-24(29)18-8-10-21(26)20(13-18)23(28)17-6-5-16-12-19(31-4)9-7-15(16)11-17;1-6-4-2-3-5-6/h5-13,28H,14,26H2,1-4H3,(H3,27,29,30);2-5H2,1H3. The molecule has 0 bridgehead atoms. The normalized spacial score (nSPS) is 14.2. The van der Waals surface area contributed by atoms with Crippen molar-refractivity contribution in [3.05, 3.63) is 71.3 Å². The van der Waals surface area contributed by atoms with Gasteiger partial charge in [-0.05, 0) is 85.6 Å². The van der Waals surface area contributed by atoms with Crippen molar-refractivity contribution in [1.29, 1.82) is 10.8 Å². The maximum Gasteiger partial charge on any atom is 0.153 e. The van der Waals surface area contributed by atoms with Crippen LogP contribution in [0.25, 0.3) is 10.8 Å². The van der Waals surface area contributed by atoms with Crippen molar-refractivity contribution in [2.75, 3.05) is 33.0 Å². The zero-order chi connectivity index (χ0) is 27.2. The van der Waals surface area contributed by atoms with Crippen LogP contribution in [0.5, 0.6) is 5.75 Å². The number of nitrogen functional groups attached to an aromatic ring is 1. The number of likely N-dealkylation sites (tertiary alicyclic amines) is 1. The Morgan fingerprint density at radius 2 is 1.57 bits per heavy atom. The Balaban J connectivity index is 0.000000555. The lowest BCUT2D eigenvalue weighted by atomic mass is 9.92. The van der Waals surface area contributed by atoms with Crippen LogP contribution in [-0.4, -0.2) is 49.5 Å². The van der Waals surface area contributed by atoms with E-state index in [1.165, 1.54) is 25.9 Å². The highest BCUT2D eigenvalue weighted by molar-refractivity contribution is 6.16. The number of rotatable bonds is 5. The van der Waals surface area contributed by atoms with E-state index in [0.717, 1.165) is 22.1 Å². The quantitative estimate of drug-likeness (QED) is 0.204. The Morgan fingerprint density at radius 1 is 0.946 bits per heavy atom. The van der Waals surface area contributed by atoms with Gasteiger partial charge >= 0.3 is 0 Å². The Kier molecular flexibility index (Phi) is 9.05. The lowest BCUT2D eigenvalue weighted by molar-refractivity contribution is 0.415. The molecule has 3 aromatic rings. The summed E-state index contributed by atoms with van der Waals surface area (Å²) in [5.74, 6) is 1.26. The number of nitrogens with two attached hydrogens (primary N) is 2. The van der Waals surface area contributed by atoms with Crippen molar-refractivity contribution >= 4 is 33.8 Å². The van der Waals surface area contributed by atoms with Crippen LogP contribution < -0.4 is 16.2 Å². The van der Waals surface area contributed by atoms with Gasteiger partial charge < -0.3 is 21.1 Å². The number of ether oxygens (including phenoxy) is 1. The number of anilines is 1. The summed E-state index contributed by atoms with van der Waals surface area (Å²) in [5.41, 5.74) is 14.8. The van der Waals surface area contributed by atoms with Gasteiger partial charge in [-0.15, -0.1) is 0 Å². The Morgan fingerprint density at radius 3 is 2.16 bits per heavy atom. The molecule has 4 rings (SSSR count). The summed E-state index contributed by atoms with van der Waals surface area (Å²) in [4.78, 5) is 6.61. The number of hydrogen-bond acceptors (Lipinski definition) is 5. The molecular formula is C30H40N6O. The van der Waals surface area contributed by atoms with Crippen molar-refractivity contribution in [3.63, 3.8) is 0 Å². The predicted octanol–water partition coefficient (Wildman–Crippen LogP) is 5.68. The zero-order valence-electron chi connectivity index (χ0n) is 22.7. The van der Waals surface area contributed by atoms with Crippen molar-refractivity contribution < 1.29 is 4.74 Å². The van der Waals surface area contributed by atoms with E-state index in [9.17, 15) is 0 Å². The summed E-state index contributed by atoms with van der Waals surface area (Å²) in [6, 6.07) is 16.8. The Bertz CT molecular complexity index is 1300. The van der Waals surface area contributed by atoms with E-state index in [4.69, 9.17) is 27.0 Å². The highest BCUT2D eigenvalue weighted by atomic mass is 16.5. The third-order valence-corrected chi connectivity index (χ3v) is 6.23. The average Bonchev–Trinajstić information content (AvgIpc) is 3.33. The second-order valence-corrected chi connectivity index (χ2v) is 10.8. The summed E-state index contributed by atoms with van der Waals surface area (Å²) < 4.78 is 5.28. The van der Waals surface area contributed by atoms with Gasteiger partial charge in [0.1, 0.15) is 11.6 Å². The fourth-order valence-corrected chi connectivity index (χ4v) is 4.25. The van der Waals surface area contributed by atoms with Gasteiger partial charge in [-0.3, -0.25) is 10.8 Å². The van der Waals surface area contributed by atoms with E-state index in [1.807, 2.05) is 36.4 Å². The van der Waals surface area contributed by atoms with Gasteiger partial charge in [0.25, 0.3) is 0 Å². The molecule has 196 valence electrons. The molecule has 1 aliphatic rings. The molecule has 0 saturated carbocycles. The lowest BCUT2D eigenvalue weighted by Crippen LogP contribution is -2.22. The van der Waals surface area contributed by atoms with Gasteiger partial charge in [-0.1, -0.05) is 39.0 Å². The van der Waals surface area contributed by atoms with Gasteiger partial charge in [0.2, 0.25) is 0 Å². The van der Waals surface area contributed by atoms with Crippen molar-refractivity contribution in [2.45, 2.75) is 40.0 Å². The minimum absolute atomic E-state index is 0.0115. The molecule has 0 aliphatic carbocycles. The van der Waals surface area contributed by atoms with Crippen LogP contribution in [0.4, 0.5) is 5.69 Å². The molecule has 6 N–H and O–H groups in total. The molecule has 7 nitrogen and oxygen atoms in total. The van der Waals surface area contributed by atoms with E-state index in [-0.39, 0.29) is 17.0 Å². The minimum atomic E-state index is -0.0115. The number of fused-ring (bicyclic) bond motifs is 1. The van der Waals surface area contributed by atoms with E-state index in [1.54, 1.807) is 25.3 Å². The third kappa shape index (κ3) is 7.89. The number of nitrogens with zero attached hydrogens (tertiary/aromatic N) is 2. The smallest absolute Gasteiger partial charge is 0.153 e. The first kappa shape index (κ1) is 27.9. The van der Waals surface area contributed by atoms with E-state index in [0.29, 0.717) is 29.1 Å². The highest BCUT2D eigenvalue weighted by Gasteiger charge is 2.15. The summed E-state index contributed by atoms with van der Waals surface area (Å²) in [6.45, 7) is 8.85. The molecule has 1 aliphatic heterocycles. The number of hydrogen-bond donors (Lipinski definition) is 4. The molecule has 0 atom stereocenters. The first-order valence-corrected chi connectivity index (χ1v) is 12.6. The molecule has 0 aromatic heterocycles. The molecule has 0 radical (unpaired) electrons. The van der Waals surface area contributed by atoms with Crippen LogP contribution in [0.15, 0.2) is 59.6 Å². The van der Waals surface area contributed by atoms with Crippen molar-refractivity contribution in [1.82, 2.24) is 4.90 Å². The molecular weight excluding hydrogens is 460 g/mol. The van der Waals surface area contributed by atoms with Crippen molar-refractivity contribution in [3.8, 4) is 5.75 Å². The van der Waals surface area contributed by atoms with E-state index < -0.39 is 0 Å². The highest BCUT2D eigenvalue weighted by Crippen LogP contribution is 2.25. The molecule has 1 saturated heterocycles. The van der Waals surface area contributed by atoms with Crippen LogP contribution in [-0.2, 0) is 0 Å². The lowest BCUT2D eigenvalue weighted by Gasteiger charge is -2.17. The molecule has 37 heavy (non-hydrogen) atoms. The average molecular weight is 501 g/mol. The van der Waals surface area contributed by atoms with Crippen LogP contribution in [0, 0.1) is 16.2 Å². The maximum atomic E-state index is 8.73. The van der Waals surface area contributed by atoms with Gasteiger partial charge in [0.15, 0.2) is 5.84 Å². The van der Waals surface area contributed by atoms with Crippen LogP contribution in [0.1, 0.15) is 56.7 Å². The molecule has 7 heteroatoms. The monoisotopic (exact) mass is 500 g/mol. The predicted molar refractivity (Wildman–Crippen MR) is 157 cm³/mol. The molecule has 0 unspecified atom stereocenters. The number of aliphatic imine (C=N–C) groups is 1. The molecule has 1 heterocycles. The van der Waals surface area contributed by atoms with Gasteiger partial charge in [-0.2, -0.15) is 0 Å². The maximum absolute atomic E-state index is 8.73. The fourth-order valence-electron chi connectivity index (χ4n) is 4.25. The van der Waals surface area contributed by atoms with E-state index >= 15 is 0 Å². The van der Waals surface area contributed by atoms with Gasteiger partial charge in [-0.25, -0.2) is 4.99 Å². The Hall–Kier alpha value is -3.71. The summed E-state index contributed by atoms with van der Waals surface area (Å²) in [6.07, 6.45) is 3.42. The van der Waals surface area contributed by atoms with Gasteiger partial charge in [0, 0.05) is 28.8 Å². The minimum Gasteiger partial charge on any atom is -0.497 e. The van der Waals surface area contributed by atoms with Crippen molar-refractivity contribution in [2.24, 2.45) is 16.1 Å². The summed E-state index contributed by atoms with van der Waals surface area (Å²) in [7, 11) is 3.81. The first-order valence-electron chi connectivity index (χ1n) is 12.6. The zero-order valence-corrected chi connectivity index (χ0v) is 22.7. The molecule has 1 fully saturated rings. The topological polar surface area (TPSA) is 125 Å². The fraction of sp³-hybridized carbons (Fsp3) is 0.367. The number of methoxy groups -OCH3 is 1. The number of benzene rings is 3. The summed E-state index contributed by atoms with van der Waals surface area (Å²) >= 11 is 0. The molecule has 0 spiro atoms. The Labute approximate surface area is 220 Å². The molecule has 3 aromatic carbocycles. The SMILES string of the molecule is CN1CCCC1.COc1ccc2cc(C(=N)c3cc(C(=N)N=C(N)CC(C)(C)C)ccc3N)ccc2c1. The van der Waals surface area contributed by atoms with Gasteiger partial charge in [0.05, 0.1) is 12.8 Å². The third-order valence-electron chi connectivity index (χ3n) is 6.23. The summed E-state index contributed by atoms with van der Waals surface area (Å²) in [5, 5.41) is 19.1. The molecule has 0 amide bonds. The first-order chi connectivity index (χ1) is 17.5. The van der Waals surface area contributed by atoms with E-state index in [2.05, 4.69) is 37.7 Å². The number of amidine groups is 2. The second kappa shape index (κ2) is 12.0. The van der Waals surface area contributed by atoms with Crippen LogP contribution in [0.2, 0.25) is 0 Å². The van der Waals surface area contributed by atoms with Crippen LogP contribution >= 0.6 is 0 Å². The largest absolute Gasteiger partial charge is 0.497 e. The van der Waals surface area contributed by atoms with Crippen LogP contribution in [0.3, 0.4) is 0 Å². The second-order valence-electron chi connectivity index (χ2n) is 10.8.